The Morgan fingerprint density at radius 1 is 1.64 bits per heavy atom. The first kappa shape index (κ1) is 9.43. The molecule has 1 heterocycles. The van der Waals surface area contributed by atoms with Gasteiger partial charge in [0.15, 0.2) is 0 Å². The minimum atomic E-state index is -2.46. The number of rotatable bonds is 2. The van der Waals surface area contributed by atoms with Gasteiger partial charge < -0.3 is 10.3 Å². The van der Waals surface area contributed by atoms with Crippen molar-refractivity contribution in [1.82, 2.24) is 9.55 Å². The van der Waals surface area contributed by atoms with Crippen LogP contribution in [-0.4, -0.2) is 15.5 Å². The molecular weight excluding hydrogens is 188 g/mol. The van der Waals surface area contributed by atoms with Gasteiger partial charge in [-0.15, -0.1) is 0 Å². The molecule has 0 amide bonds. The van der Waals surface area contributed by atoms with Crippen molar-refractivity contribution in [2.45, 2.75) is 31.7 Å². The normalized spacial score (nSPS) is 25.4. The summed E-state index contributed by atoms with van der Waals surface area (Å²) in [6.45, 7) is 0.597. The largest absolute Gasteiger partial charge is 0.382 e. The lowest BCUT2D eigenvalue weighted by Crippen LogP contribution is -2.12. The molecule has 1 fully saturated rings. The van der Waals surface area contributed by atoms with E-state index < -0.39 is 5.92 Å². The van der Waals surface area contributed by atoms with Gasteiger partial charge >= 0.3 is 0 Å². The Kier molecular flexibility index (Phi) is 2.17. The zero-order valence-electron chi connectivity index (χ0n) is 7.79. The first-order valence-electron chi connectivity index (χ1n) is 4.70. The molecule has 78 valence electrons. The van der Waals surface area contributed by atoms with Crippen LogP contribution in [0.3, 0.4) is 0 Å². The fourth-order valence-corrected chi connectivity index (χ4v) is 1.97. The number of halogens is 2. The van der Waals surface area contributed by atoms with Gasteiger partial charge in [0.2, 0.25) is 5.92 Å². The van der Waals surface area contributed by atoms with Crippen LogP contribution in [0.15, 0.2) is 12.5 Å². The van der Waals surface area contributed by atoms with E-state index in [0.29, 0.717) is 18.8 Å². The quantitative estimate of drug-likeness (QED) is 0.794. The van der Waals surface area contributed by atoms with Crippen LogP contribution < -0.4 is 5.73 Å². The van der Waals surface area contributed by atoms with Gasteiger partial charge in [0, 0.05) is 25.6 Å². The lowest BCUT2D eigenvalue weighted by Gasteiger charge is -2.10. The minimum absolute atomic E-state index is 0.00884. The maximum atomic E-state index is 12.9. The van der Waals surface area contributed by atoms with Crippen LogP contribution in [0.4, 0.5) is 14.6 Å². The maximum Gasteiger partial charge on any atom is 0.248 e. The molecule has 5 heteroatoms. The van der Waals surface area contributed by atoms with E-state index in [2.05, 4.69) is 4.98 Å². The fourth-order valence-electron chi connectivity index (χ4n) is 1.97. The van der Waals surface area contributed by atoms with Crippen LogP contribution in [-0.2, 0) is 6.54 Å². The van der Waals surface area contributed by atoms with E-state index >= 15 is 0 Å². The summed E-state index contributed by atoms with van der Waals surface area (Å²) >= 11 is 0. The number of imidazole rings is 1. The predicted molar refractivity (Wildman–Crippen MR) is 48.9 cm³/mol. The summed E-state index contributed by atoms with van der Waals surface area (Å²) in [5, 5.41) is 0. The van der Waals surface area contributed by atoms with Crippen molar-refractivity contribution in [3.8, 4) is 0 Å². The van der Waals surface area contributed by atoms with Crippen molar-refractivity contribution in [2.75, 3.05) is 5.73 Å². The number of hydrogen-bond acceptors (Lipinski definition) is 2. The average molecular weight is 201 g/mol. The second kappa shape index (κ2) is 3.22. The molecule has 0 radical (unpaired) electrons. The molecule has 1 saturated carbocycles. The summed E-state index contributed by atoms with van der Waals surface area (Å²) in [6, 6.07) is 0. The Labute approximate surface area is 80.9 Å². The van der Waals surface area contributed by atoms with Gasteiger partial charge in [-0.3, -0.25) is 0 Å². The molecule has 0 spiro atoms. The molecule has 1 aliphatic rings. The van der Waals surface area contributed by atoms with Crippen molar-refractivity contribution in [3.63, 3.8) is 0 Å². The molecule has 1 atom stereocenters. The Morgan fingerprint density at radius 2 is 2.43 bits per heavy atom. The number of nitrogens with zero attached hydrogens (tertiary/aromatic N) is 2. The average Bonchev–Trinajstić information content (AvgIpc) is 2.59. The van der Waals surface area contributed by atoms with Crippen molar-refractivity contribution in [3.05, 3.63) is 12.5 Å². The van der Waals surface area contributed by atoms with E-state index in [9.17, 15) is 8.78 Å². The van der Waals surface area contributed by atoms with Gasteiger partial charge in [0.05, 0.1) is 6.33 Å². The van der Waals surface area contributed by atoms with Crippen LogP contribution in [0.5, 0.6) is 0 Å². The van der Waals surface area contributed by atoms with Crippen molar-refractivity contribution >= 4 is 5.82 Å². The Morgan fingerprint density at radius 3 is 2.93 bits per heavy atom. The highest BCUT2D eigenvalue weighted by molar-refractivity contribution is 5.22. The van der Waals surface area contributed by atoms with Gasteiger partial charge in [-0.2, -0.15) is 0 Å². The maximum absolute atomic E-state index is 12.9. The van der Waals surface area contributed by atoms with Gasteiger partial charge in [0.25, 0.3) is 0 Å². The third kappa shape index (κ3) is 2.02. The SMILES string of the molecule is Nc1cn(CC2CCC(F)(F)C2)cn1. The zero-order chi connectivity index (χ0) is 10.2. The monoisotopic (exact) mass is 201 g/mol. The predicted octanol–water partition coefficient (Wildman–Crippen LogP) is 1.90. The van der Waals surface area contributed by atoms with Crippen molar-refractivity contribution in [1.29, 1.82) is 0 Å². The zero-order valence-corrected chi connectivity index (χ0v) is 7.79. The number of nitrogen functional groups attached to an aromatic ring is 1. The lowest BCUT2D eigenvalue weighted by molar-refractivity contribution is 0.00436. The Bertz CT molecular complexity index is 322. The molecule has 0 aromatic carbocycles. The summed E-state index contributed by atoms with van der Waals surface area (Å²) < 4.78 is 27.5. The highest BCUT2D eigenvalue weighted by Crippen LogP contribution is 2.39. The fraction of sp³-hybridized carbons (Fsp3) is 0.667. The molecule has 2 N–H and O–H groups in total. The summed E-state index contributed by atoms with van der Waals surface area (Å²) in [6.07, 6.45) is 3.86. The van der Waals surface area contributed by atoms with Crippen LogP contribution in [0.25, 0.3) is 0 Å². The number of alkyl halides is 2. The highest BCUT2D eigenvalue weighted by Gasteiger charge is 2.39. The summed E-state index contributed by atoms with van der Waals surface area (Å²) in [4.78, 5) is 3.85. The standard InChI is InChI=1S/C9H13F2N3/c10-9(11)2-1-7(3-9)4-14-5-8(12)13-6-14/h5-7H,1-4,12H2. The second-order valence-corrected chi connectivity index (χ2v) is 3.96. The molecule has 2 rings (SSSR count). The van der Waals surface area contributed by atoms with Crippen molar-refractivity contribution in [2.24, 2.45) is 5.92 Å². The van der Waals surface area contributed by atoms with E-state index in [1.165, 1.54) is 0 Å². The molecule has 1 unspecified atom stereocenters. The van der Waals surface area contributed by atoms with Gasteiger partial charge in [-0.1, -0.05) is 0 Å². The van der Waals surface area contributed by atoms with Gasteiger partial charge in [0.1, 0.15) is 5.82 Å². The van der Waals surface area contributed by atoms with E-state index in [4.69, 9.17) is 5.73 Å². The molecule has 14 heavy (non-hydrogen) atoms. The van der Waals surface area contributed by atoms with Gasteiger partial charge in [-0.25, -0.2) is 13.8 Å². The van der Waals surface area contributed by atoms with Gasteiger partial charge in [-0.05, 0) is 12.3 Å². The first-order valence-corrected chi connectivity index (χ1v) is 4.70. The molecule has 1 aliphatic carbocycles. The molecule has 3 nitrogen and oxygen atoms in total. The summed E-state index contributed by atoms with van der Waals surface area (Å²) in [5.74, 6) is -1.97. The molecule has 1 aromatic heterocycles. The molecule has 1 aromatic rings. The van der Waals surface area contributed by atoms with Crippen LogP contribution in [0, 0.1) is 5.92 Å². The smallest absolute Gasteiger partial charge is 0.248 e. The van der Waals surface area contributed by atoms with Crippen LogP contribution in [0.1, 0.15) is 19.3 Å². The number of hydrogen-bond donors (Lipinski definition) is 1. The van der Waals surface area contributed by atoms with E-state index in [-0.39, 0.29) is 18.8 Å². The summed E-state index contributed by atoms with van der Waals surface area (Å²) in [7, 11) is 0. The lowest BCUT2D eigenvalue weighted by atomic mass is 10.1. The van der Waals surface area contributed by atoms with Crippen molar-refractivity contribution < 1.29 is 8.78 Å². The number of aromatic nitrogens is 2. The summed E-state index contributed by atoms with van der Waals surface area (Å²) in [5.41, 5.74) is 5.43. The molecule has 0 aliphatic heterocycles. The van der Waals surface area contributed by atoms with Crippen LogP contribution in [0.2, 0.25) is 0 Å². The second-order valence-electron chi connectivity index (χ2n) is 3.96. The molecule has 0 saturated heterocycles. The number of nitrogens with two attached hydrogens (primary N) is 1. The van der Waals surface area contributed by atoms with E-state index in [0.717, 1.165) is 0 Å². The Balaban J connectivity index is 1.94. The highest BCUT2D eigenvalue weighted by atomic mass is 19.3. The number of anilines is 1. The molecular formula is C9H13F2N3. The minimum Gasteiger partial charge on any atom is -0.382 e. The molecule has 0 bridgehead atoms. The third-order valence-corrected chi connectivity index (χ3v) is 2.63. The Hall–Kier alpha value is -1.13. The first-order chi connectivity index (χ1) is 6.55. The van der Waals surface area contributed by atoms with E-state index in [1.807, 2.05) is 0 Å². The van der Waals surface area contributed by atoms with Crippen LogP contribution >= 0.6 is 0 Å². The topological polar surface area (TPSA) is 43.8 Å². The third-order valence-electron chi connectivity index (χ3n) is 2.63. The van der Waals surface area contributed by atoms with E-state index in [1.54, 1.807) is 17.1 Å².